The lowest BCUT2D eigenvalue weighted by Gasteiger charge is -2.12. The first-order valence-corrected chi connectivity index (χ1v) is 8.68. The summed E-state index contributed by atoms with van der Waals surface area (Å²) in [7, 11) is 0. The number of fused-ring (bicyclic) bond motifs is 3. The maximum atomic E-state index is 3.72. The van der Waals surface area contributed by atoms with Crippen molar-refractivity contribution in [3.05, 3.63) is 69.8 Å². The summed E-state index contributed by atoms with van der Waals surface area (Å²) < 4.78 is 1.15. The van der Waals surface area contributed by atoms with E-state index in [1.807, 2.05) is 0 Å². The van der Waals surface area contributed by atoms with Crippen LogP contribution in [0.4, 0.5) is 0 Å². The number of nitrogens with one attached hydrogen (secondary N) is 2. The summed E-state index contributed by atoms with van der Waals surface area (Å²) in [6.45, 7) is 1.02. The van der Waals surface area contributed by atoms with Gasteiger partial charge in [0.05, 0.1) is 0 Å². The molecule has 3 aromatic rings. The number of rotatable bonds is 4. The number of aryl methyl sites for hydroxylation is 1. The first-order valence-electron chi connectivity index (χ1n) is 7.88. The van der Waals surface area contributed by atoms with E-state index >= 15 is 0 Å². The summed E-state index contributed by atoms with van der Waals surface area (Å²) in [4.78, 5) is 3.62. The monoisotopic (exact) mass is 354 g/mol. The molecule has 0 amide bonds. The van der Waals surface area contributed by atoms with Crippen molar-refractivity contribution in [2.45, 2.75) is 25.3 Å². The lowest BCUT2D eigenvalue weighted by molar-refractivity contribution is 0.525. The van der Waals surface area contributed by atoms with Crippen molar-refractivity contribution in [1.29, 1.82) is 0 Å². The predicted molar refractivity (Wildman–Crippen MR) is 95.2 cm³/mol. The third kappa shape index (κ3) is 2.59. The van der Waals surface area contributed by atoms with Gasteiger partial charge in [0.25, 0.3) is 0 Å². The maximum absolute atomic E-state index is 3.72. The summed E-state index contributed by atoms with van der Waals surface area (Å²) in [5.41, 5.74) is 5.53. The minimum Gasteiger partial charge on any atom is -0.357 e. The molecule has 2 nitrogen and oxygen atoms in total. The molecule has 112 valence electrons. The number of halogens is 1. The molecule has 1 aromatic heterocycles. The quantitative estimate of drug-likeness (QED) is 0.695. The van der Waals surface area contributed by atoms with Crippen LogP contribution < -0.4 is 5.32 Å². The second kappa shape index (κ2) is 5.90. The maximum Gasteiger partial charge on any atom is 0.0479 e. The lowest BCUT2D eigenvalue weighted by atomic mass is 10.1. The molecule has 2 aromatic carbocycles. The molecule has 2 N–H and O–H groups in total. The number of aromatic nitrogens is 1. The van der Waals surface area contributed by atoms with E-state index in [0.29, 0.717) is 6.04 Å². The Labute approximate surface area is 139 Å². The standard InChI is InChI=1S/C19H19BrN2/c20-14-6-8-17-16(12-14)15-7-9-18(19(15)22-17)21-11-10-13-4-2-1-3-5-13/h1-6,8,12,18,21-22H,7,9-11H2. The van der Waals surface area contributed by atoms with E-state index in [0.717, 1.165) is 23.9 Å². The second-order valence-corrected chi connectivity index (χ2v) is 6.90. The Morgan fingerprint density at radius 3 is 2.86 bits per heavy atom. The van der Waals surface area contributed by atoms with Gasteiger partial charge in [0.15, 0.2) is 0 Å². The Hall–Kier alpha value is -1.58. The summed E-state index contributed by atoms with van der Waals surface area (Å²) in [6.07, 6.45) is 3.44. The van der Waals surface area contributed by atoms with Gasteiger partial charge in [0.1, 0.15) is 0 Å². The normalized spacial score (nSPS) is 17.0. The second-order valence-electron chi connectivity index (χ2n) is 5.99. The smallest absolute Gasteiger partial charge is 0.0479 e. The van der Waals surface area contributed by atoms with Gasteiger partial charge in [-0.2, -0.15) is 0 Å². The topological polar surface area (TPSA) is 27.8 Å². The zero-order valence-electron chi connectivity index (χ0n) is 12.4. The fourth-order valence-electron chi connectivity index (χ4n) is 3.48. The van der Waals surface area contributed by atoms with E-state index in [2.05, 4.69) is 74.8 Å². The summed E-state index contributed by atoms with van der Waals surface area (Å²) >= 11 is 3.58. The van der Waals surface area contributed by atoms with Crippen LogP contribution in [0.25, 0.3) is 10.9 Å². The molecule has 0 fully saturated rings. The van der Waals surface area contributed by atoms with Crippen molar-refractivity contribution in [1.82, 2.24) is 10.3 Å². The van der Waals surface area contributed by atoms with Crippen molar-refractivity contribution >= 4 is 26.8 Å². The number of benzene rings is 2. The number of hydrogen-bond donors (Lipinski definition) is 2. The third-order valence-corrected chi connectivity index (χ3v) is 5.07. The Morgan fingerprint density at radius 1 is 1.14 bits per heavy atom. The van der Waals surface area contributed by atoms with Crippen molar-refractivity contribution in [2.24, 2.45) is 0 Å². The predicted octanol–water partition coefficient (Wildman–Crippen LogP) is 4.75. The van der Waals surface area contributed by atoms with E-state index in [1.165, 1.54) is 34.1 Å². The van der Waals surface area contributed by atoms with Crippen LogP contribution in [0.1, 0.15) is 29.3 Å². The third-order valence-electron chi connectivity index (χ3n) is 4.58. The molecule has 1 unspecified atom stereocenters. The van der Waals surface area contributed by atoms with Crippen LogP contribution in [0, 0.1) is 0 Å². The van der Waals surface area contributed by atoms with E-state index in [1.54, 1.807) is 0 Å². The molecule has 0 aliphatic heterocycles. The minimum atomic E-state index is 0.463. The van der Waals surface area contributed by atoms with Gasteiger partial charge in [-0.25, -0.2) is 0 Å². The zero-order valence-corrected chi connectivity index (χ0v) is 14.0. The van der Waals surface area contributed by atoms with Gasteiger partial charge in [0, 0.05) is 27.1 Å². The molecule has 1 aliphatic rings. The molecule has 0 bridgehead atoms. The van der Waals surface area contributed by atoms with Gasteiger partial charge in [-0.15, -0.1) is 0 Å². The van der Waals surface area contributed by atoms with Crippen LogP contribution in [0.3, 0.4) is 0 Å². The van der Waals surface area contributed by atoms with Crippen LogP contribution in [-0.4, -0.2) is 11.5 Å². The highest BCUT2D eigenvalue weighted by Crippen LogP contribution is 2.37. The van der Waals surface area contributed by atoms with Crippen molar-refractivity contribution in [2.75, 3.05) is 6.54 Å². The summed E-state index contributed by atoms with van der Waals surface area (Å²) in [5, 5.41) is 5.09. The fourth-order valence-corrected chi connectivity index (χ4v) is 3.84. The van der Waals surface area contributed by atoms with Gasteiger partial charge in [-0.1, -0.05) is 46.3 Å². The van der Waals surface area contributed by atoms with Crippen LogP contribution in [0.2, 0.25) is 0 Å². The zero-order chi connectivity index (χ0) is 14.9. The molecule has 1 heterocycles. The van der Waals surface area contributed by atoms with Crippen molar-refractivity contribution in [3.63, 3.8) is 0 Å². The van der Waals surface area contributed by atoms with Crippen molar-refractivity contribution < 1.29 is 0 Å². The van der Waals surface area contributed by atoms with E-state index in [9.17, 15) is 0 Å². The highest BCUT2D eigenvalue weighted by molar-refractivity contribution is 9.10. The highest BCUT2D eigenvalue weighted by atomic mass is 79.9. The van der Waals surface area contributed by atoms with E-state index in [4.69, 9.17) is 0 Å². The van der Waals surface area contributed by atoms with Gasteiger partial charge >= 0.3 is 0 Å². The Morgan fingerprint density at radius 2 is 2.00 bits per heavy atom. The fraction of sp³-hybridized carbons (Fsp3) is 0.263. The van der Waals surface area contributed by atoms with Gasteiger partial charge in [-0.05, 0) is 55.1 Å². The first-order chi connectivity index (χ1) is 10.8. The number of hydrogen-bond acceptors (Lipinski definition) is 1. The average Bonchev–Trinajstić information content (AvgIpc) is 3.08. The average molecular weight is 355 g/mol. The summed E-state index contributed by atoms with van der Waals surface area (Å²) in [6, 6.07) is 17.6. The highest BCUT2D eigenvalue weighted by Gasteiger charge is 2.25. The molecular weight excluding hydrogens is 336 g/mol. The van der Waals surface area contributed by atoms with Gasteiger partial charge in [0.2, 0.25) is 0 Å². The molecule has 0 saturated carbocycles. The molecule has 0 saturated heterocycles. The SMILES string of the molecule is Brc1ccc2[nH]c3c(c2c1)CCC3NCCc1ccccc1. The molecular formula is C19H19BrN2. The van der Waals surface area contributed by atoms with E-state index in [-0.39, 0.29) is 0 Å². The van der Waals surface area contributed by atoms with Crippen LogP contribution in [-0.2, 0) is 12.8 Å². The van der Waals surface area contributed by atoms with Crippen LogP contribution in [0.5, 0.6) is 0 Å². The molecule has 4 rings (SSSR count). The van der Waals surface area contributed by atoms with Gasteiger partial charge < -0.3 is 10.3 Å². The number of aromatic amines is 1. The Balaban J connectivity index is 1.49. The van der Waals surface area contributed by atoms with Gasteiger partial charge in [-0.3, -0.25) is 0 Å². The minimum absolute atomic E-state index is 0.463. The molecule has 0 radical (unpaired) electrons. The van der Waals surface area contributed by atoms with Crippen molar-refractivity contribution in [3.8, 4) is 0 Å². The molecule has 1 aliphatic carbocycles. The summed E-state index contributed by atoms with van der Waals surface area (Å²) in [5.74, 6) is 0. The Bertz CT molecular complexity index is 792. The van der Waals surface area contributed by atoms with Crippen LogP contribution in [0.15, 0.2) is 53.0 Å². The largest absolute Gasteiger partial charge is 0.357 e. The van der Waals surface area contributed by atoms with Crippen LogP contribution >= 0.6 is 15.9 Å². The van der Waals surface area contributed by atoms with E-state index < -0.39 is 0 Å². The molecule has 0 spiro atoms. The molecule has 1 atom stereocenters. The lowest BCUT2D eigenvalue weighted by Crippen LogP contribution is -2.22. The molecule has 3 heteroatoms. The first kappa shape index (κ1) is 14.0. The Kier molecular flexibility index (Phi) is 3.77. The number of H-pyrrole nitrogens is 1. The molecule has 22 heavy (non-hydrogen) atoms.